The molecule has 35 heavy (non-hydrogen) atoms. The van der Waals surface area contributed by atoms with Gasteiger partial charge in [0.05, 0.1) is 27.4 Å². The van der Waals surface area contributed by atoms with Crippen LogP contribution in [0.5, 0.6) is 17.2 Å². The molecule has 2 aromatic carbocycles. The molecule has 0 unspecified atom stereocenters. The molecule has 0 radical (unpaired) electrons. The Bertz CT molecular complexity index is 1240. The zero-order chi connectivity index (χ0) is 24.6. The Morgan fingerprint density at radius 1 is 1.03 bits per heavy atom. The van der Waals surface area contributed by atoms with E-state index in [1.807, 2.05) is 36.4 Å². The van der Waals surface area contributed by atoms with Gasteiger partial charge >= 0.3 is 0 Å². The molecule has 0 aliphatic rings. The van der Waals surface area contributed by atoms with Gasteiger partial charge in [0.15, 0.2) is 5.13 Å². The lowest BCUT2D eigenvalue weighted by Crippen LogP contribution is -2.30. The molecule has 182 valence electrons. The summed E-state index contributed by atoms with van der Waals surface area (Å²) in [4.78, 5) is 24.5. The fraction of sp³-hybridized carbons (Fsp3) is 0.296. The topological polar surface area (TPSA) is 73.8 Å². The first kappa shape index (κ1) is 24.5. The van der Waals surface area contributed by atoms with Gasteiger partial charge in [0.2, 0.25) is 0 Å². The largest absolute Gasteiger partial charge is 0.495 e. The molecule has 0 atom stereocenters. The van der Waals surface area contributed by atoms with E-state index in [0.717, 1.165) is 29.5 Å². The number of hydrogen-bond donors (Lipinski definition) is 0. The lowest BCUT2D eigenvalue weighted by molar-refractivity contribution is 0.0984. The van der Waals surface area contributed by atoms with Gasteiger partial charge in [-0.2, -0.15) is 0 Å². The zero-order valence-electron chi connectivity index (χ0n) is 20.2. The van der Waals surface area contributed by atoms with Crippen molar-refractivity contribution in [2.75, 3.05) is 25.7 Å². The number of thiazole rings is 1. The van der Waals surface area contributed by atoms with Crippen LogP contribution in [0.25, 0.3) is 10.2 Å². The van der Waals surface area contributed by atoms with Gasteiger partial charge in [0.1, 0.15) is 27.5 Å². The quantitative estimate of drug-likeness (QED) is 0.235. The van der Waals surface area contributed by atoms with Crippen molar-refractivity contribution >= 4 is 32.6 Å². The van der Waals surface area contributed by atoms with E-state index in [9.17, 15) is 4.79 Å². The number of fused-ring (bicyclic) bond motifs is 1. The van der Waals surface area contributed by atoms with Crippen LogP contribution in [0.15, 0.2) is 60.9 Å². The summed E-state index contributed by atoms with van der Waals surface area (Å²) < 4.78 is 17.8. The minimum atomic E-state index is -0.176. The minimum Gasteiger partial charge on any atom is -0.495 e. The first-order chi connectivity index (χ1) is 17.1. The molecule has 7 nitrogen and oxygen atoms in total. The summed E-state index contributed by atoms with van der Waals surface area (Å²) in [6.45, 7) is 3.10. The molecule has 2 heterocycles. The van der Waals surface area contributed by atoms with Gasteiger partial charge in [-0.25, -0.2) is 4.98 Å². The summed E-state index contributed by atoms with van der Waals surface area (Å²) in [6, 6.07) is 14.8. The molecule has 4 rings (SSSR count). The van der Waals surface area contributed by atoms with Gasteiger partial charge in [-0.3, -0.25) is 14.7 Å². The van der Waals surface area contributed by atoms with Crippen LogP contribution in [0, 0.1) is 0 Å². The van der Waals surface area contributed by atoms with Gasteiger partial charge in [0, 0.05) is 18.0 Å². The summed E-state index contributed by atoms with van der Waals surface area (Å²) in [5.41, 5.74) is 2.08. The Morgan fingerprint density at radius 2 is 1.86 bits per heavy atom. The van der Waals surface area contributed by atoms with Crippen LogP contribution in [0.3, 0.4) is 0 Å². The number of pyridine rings is 1. The van der Waals surface area contributed by atoms with Gasteiger partial charge in [-0.05, 0) is 48.4 Å². The van der Waals surface area contributed by atoms with Crippen molar-refractivity contribution in [1.82, 2.24) is 9.97 Å². The molecule has 2 aromatic heterocycles. The van der Waals surface area contributed by atoms with E-state index < -0.39 is 0 Å². The summed E-state index contributed by atoms with van der Waals surface area (Å²) >= 11 is 1.39. The Kier molecular flexibility index (Phi) is 8.15. The van der Waals surface area contributed by atoms with Crippen LogP contribution in [0.1, 0.15) is 42.1 Å². The maximum Gasteiger partial charge on any atom is 0.260 e. The Balaban J connectivity index is 1.71. The minimum absolute atomic E-state index is 0.176. The molecule has 0 bridgehead atoms. The van der Waals surface area contributed by atoms with Crippen molar-refractivity contribution < 1.29 is 19.0 Å². The van der Waals surface area contributed by atoms with Crippen LogP contribution in [-0.4, -0.2) is 36.7 Å². The van der Waals surface area contributed by atoms with E-state index >= 15 is 0 Å². The SMILES string of the molecule is CCCCCOc1cccc(C(=O)N(Cc2cccnc2)c2nc3c(OC)ccc(OC)c3s2)c1. The number of carbonyl (C=O) groups excluding carboxylic acids is 1. The average Bonchev–Trinajstić information content (AvgIpc) is 3.35. The van der Waals surface area contributed by atoms with Crippen LogP contribution in [0.4, 0.5) is 5.13 Å². The van der Waals surface area contributed by atoms with Gasteiger partial charge in [0.25, 0.3) is 5.91 Å². The maximum absolute atomic E-state index is 13.8. The number of amides is 1. The summed E-state index contributed by atoms with van der Waals surface area (Å²) in [7, 11) is 3.22. The van der Waals surface area contributed by atoms with Crippen LogP contribution < -0.4 is 19.1 Å². The molecular formula is C27H29N3O4S. The number of anilines is 1. The van der Waals surface area contributed by atoms with Crippen molar-refractivity contribution in [2.45, 2.75) is 32.7 Å². The third-order valence-corrected chi connectivity index (χ3v) is 6.63. The number of benzene rings is 2. The third-order valence-electron chi connectivity index (χ3n) is 5.54. The number of hydrogen-bond acceptors (Lipinski definition) is 7. The van der Waals surface area contributed by atoms with Crippen molar-refractivity contribution in [3.63, 3.8) is 0 Å². The molecule has 0 saturated heterocycles. The van der Waals surface area contributed by atoms with E-state index in [1.54, 1.807) is 43.6 Å². The van der Waals surface area contributed by atoms with E-state index in [4.69, 9.17) is 19.2 Å². The second-order valence-electron chi connectivity index (χ2n) is 7.98. The Labute approximate surface area is 209 Å². The Morgan fingerprint density at radius 3 is 2.60 bits per heavy atom. The van der Waals surface area contributed by atoms with E-state index in [0.29, 0.717) is 46.6 Å². The lowest BCUT2D eigenvalue weighted by Gasteiger charge is -2.20. The normalized spacial score (nSPS) is 10.8. The molecule has 0 spiro atoms. The second-order valence-corrected chi connectivity index (χ2v) is 8.96. The fourth-order valence-electron chi connectivity index (χ4n) is 3.71. The smallest absolute Gasteiger partial charge is 0.260 e. The van der Waals surface area contributed by atoms with Crippen LogP contribution in [-0.2, 0) is 6.54 Å². The molecule has 0 aliphatic carbocycles. The highest BCUT2D eigenvalue weighted by molar-refractivity contribution is 7.22. The number of ether oxygens (including phenoxy) is 3. The molecular weight excluding hydrogens is 462 g/mol. The maximum atomic E-state index is 13.8. The zero-order valence-corrected chi connectivity index (χ0v) is 21.0. The summed E-state index contributed by atoms with van der Waals surface area (Å²) in [6.07, 6.45) is 6.69. The van der Waals surface area contributed by atoms with Crippen molar-refractivity contribution in [1.29, 1.82) is 0 Å². The van der Waals surface area contributed by atoms with Crippen molar-refractivity contribution in [3.05, 3.63) is 72.1 Å². The van der Waals surface area contributed by atoms with Crippen LogP contribution >= 0.6 is 11.3 Å². The van der Waals surface area contributed by atoms with Crippen molar-refractivity contribution in [3.8, 4) is 17.2 Å². The lowest BCUT2D eigenvalue weighted by atomic mass is 10.1. The standard InChI is InChI=1S/C27H29N3O4S/c1-4-5-6-15-34-21-11-7-10-20(16-21)26(31)30(18-19-9-8-14-28-17-19)27-29-24-22(32-2)12-13-23(33-3)25(24)35-27/h7-14,16-17H,4-6,15,18H2,1-3H3. The summed E-state index contributed by atoms with van der Waals surface area (Å²) in [5.74, 6) is 1.81. The number of nitrogens with zero attached hydrogens (tertiary/aromatic N) is 3. The fourth-order valence-corrected chi connectivity index (χ4v) is 4.78. The molecule has 8 heteroatoms. The van der Waals surface area contributed by atoms with Crippen molar-refractivity contribution in [2.24, 2.45) is 0 Å². The third kappa shape index (κ3) is 5.71. The molecule has 0 saturated carbocycles. The highest BCUT2D eigenvalue weighted by atomic mass is 32.1. The predicted molar refractivity (Wildman–Crippen MR) is 139 cm³/mol. The molecule has 1 amide bonds. The van der Waals surface area contributed by atoms with E-state index in [-0.39, 0.29) is 5.91 Å². The van der Waals surface area contributed by atoms with Gasteiger partial charge in [-0.1, -0.05) is 43.2 Å². The Hall–Kier alpha value is -3.65. The van der Waals surface area contributed by atoms with E-state index in [2.05, 4.69) is 11.9 Å². The summed E-state index contributed by atoms with van der Waals surface area (Å²) in [5, 5.41) is 0.547. The molecule has 4 aromatic rings. The highest BCUT2D eigenvalue weighted by Crippen LogP contribution is 2.40. The van der Waals surface area contributed by atoms with Gasteiger partial charge in [-0.15, -0.1) is 0 Å². The van der Waals surface area contributed by atoms with Gasteiger partial charge < -0.3 is 14.2 Å². The first-order valence-corrected chi connectivity index (χ1v) is 12.4. The average molecular weight is 492 g/mol. The first-order valence-electron chi connectivity index (χ1n) is 11.6. The van der Waals surface area contributed by atoms with Crippen LogP contribution in [0.2, 0.25) is 0 Å². The molecule has 0 N–H and O–H groups in total. The molecule has 0 fully saturated rings. The molecule has 0 aliphatic heterocycles. The highest BCUT2D eigenvalue weighted by Gasteiger charge is 2.24. The number of aromatic nitrogens is 2. The number of methoxy groups -OCH3 is 2. The number of carbonyl (C=O) groups is 1. The second kappa shape index (κ2) is 11.7. The predicted octanol–water partition coefficient (Wildman–Crippen LogP) is 6.12. The monoisotopic (exact) mass is 491 g/mol. The number of unbranched alkanes of at least 4 members (excludes halogenated alkanes) is 2. The van der Waals surface area contributed by atoms with E-state index in [1.165, 1.54) is 11.3 Å². The number of rotatable bonds is 11.